The van der Waals surface area contributed by atoms with Crippen LogP contribution in [0.15, 0.2) is 18.2 Å². The first kappa shape index (κ1) is 15.8. The van der Waals surface area contributed by atoms with Gasteiger partial charge in [0.1, 0.15) is 0 Å². The molecule has 0 spiro atoms. The van der Waals surface area contributed by atoms with Gasteiger partial charge in [0.05, 0.1) is 5.25 Å². The van der Waals surface area contributed by atoms with E-state index in [1.54, 1.807) is 4.31 Å². The van der Waals surface area contributed by atoms with Gasteiger partial charge in [-0.25, -0.2) is 8.42 Å². The Bertz CT molecular complexity index is 655. The van der Waals surface area contributed by atoms with Gasteiger partial charge in [-0.05, 0) is 49.9 Å². The summed E-state index contributed by atoms with van der Waals surface area (Å²) in [7, 11) is -3.06. The third kappa shape index (κ3) is 3.14. The molecule has 0 unspecified atom stereocenters. The lowest BCUT2D eigenvalue weighted by molar-refractivity contribution is 0.137. The fourth-order valence-electron chi connectivity index (χ4n) is 3.23. The van der Waals surface area contributed by atoms with Crippen molar-refractivity contribution in [3.8, 4) is 0 Å². The first-order chi connectivity index (χ1) is 10.4. The first-order valence-electron chi connectivity index (χ1n) is 7.96. The molecule has 1 atom stereocenters. The monoisotopic (exact) mass is 323 g/mol. The number of nitrogens with two attached hydrogens (primary N) is 1. The number of benzene rings is 1. The molecule has 2 fully saturated rings. The summed E-state index contributed by atoms with van der Waals surface area (Å²) in [4.78, 5) is 2.34. The highest BCUT2D eigenvalue weighted by Crippen LogP contribution is 2.33. The van der Waals surface area contributed by atoms with Crippen LogP contribution in [0.2, 0.25) is 0 Å². The molecule has 1 aliphatic carbocycles. The molecule has 1 saturated carbocycles. The van der Waals surface area contributed by atoms with Crippen molar-refractivity contribution < 1.29 is 8.42 Å². The number of nitrogens with zero attached hydrogens (tertiary/aromatic N) is 2. The number of hydrogen-bond acceptors (Lipinski definition) is 4. The zero-order valence-corrected chi connectivity index (χ0v) is 14.1. The highest BCUT2D eigenvalue weighted by Gasteiger charge is 2.43. The van der Waals surface area contributed by atoms with Crippen molar-refractivity contribution in [1.29, 1.82) is 0 Å². The third-order valence-corrected chi connectivity index (χ3v) is 7.19. The van der Waals surface area contributed by atoms with Gasteiger partial charge in [0, 0.05) is 37.9 Å². The molecule has 2 N–H and O–H groups in total. The fourth-order valence-corrected chi connectivity index (χ4v) is 5.25. The van der Waals surface area contributed by atoms with E-state index in [0.29, 0.717) is 6.54 Å². The highest BCUT2D eigenvalue weighted by atomic mass is 32.2. The molecule has 1 aromatic carbocycles. The van der Waals surface area contributed by atoms with Crippen LogP contribution in [0.5, 0.6) is 0 Å². The summed E-state index contributed by atoms with van der Waals surface area (Å²) in [5.74, 6) is 0. The lowest BCUT2D eigenvalue weighted by Crippen LogP contribution is -2.54. The van der Waals surface area contributed by atoms with Crippen molar-refractivity contribution in [3.05, 3.63) is 29.3 Å². The van der Waals surface area contributed by atoms with Crippen LogP contribution >= 0.6 is 0 Å². The standard InChI is InChI=1S/C16H25N3O2S/c1-12-9-15(17)4-3-14(12)11-18-7-8-19(13(2)10-18)22(20,21)16-5-6-16/h3-4,9,13,16H,5-8,10-11,17H2,1-2H3/t13-/m0/s1. The summed E-state index contributed by atoms with van der Waals surface area (Å²) in [5, 5.41) is -0.110. The Morgan fingerprint density at radius 2 is 2.00 bits per heavy atom. The Hall–Kier alpha value is -1.11. The van der Waals surface area contributed by atoms with Gasteiger partial charge in [-0.2, -0.15) is 4.31 Å². The van der Waals surface area contributed by atoms with Gasteiger partial charge in [0.25, 0.3) is 0 Å². The minimum absolute atomic E-state index is 0.0495. The van der Waals surface area contributed by atoms with Gasteiger partial charge in [-0.3, -0.25) is 4.90 Å². The van der Waals surface area contributed by atoms with E-state index < -0.39 is 10.0 Å². The van der Waals surface area contributed by atoms with Crippen LogP contribution in [0, 0.1) is 6.92 Å². The maximum absolute atomic E-state index is 12.4. The van der Waals surface area contributed by atoms with E-state index in [1.807, 2.05) is 19.1 Å². The van der Waals surface area contributed by atoms with Crippen molar-refractivity contribution >= 4 is 15.7 Å². The Kier molecular flexibility index (Phi) is 4.18. The van der Waals surface area contributed by atoms with Crippen molar-refractivity contribution in [3.63, 3.8) is 0 Å². The van der Waals surface area contributed by atoms with Crippen molar-refractivity contribution in [1.82, 2.24) is 9.21 Å². The summed E-state index contributed by atoms with van der Waals surface area (Å²) < 4.78 is 26.5. The van der Waals surface area contributed by atoms with E-state index in [4.69, 9.17) is 5.73 Å². The SMILES string of the molecule is Cc1cc(N)ccc1CN1CCN(S(=O)(=O)C2CC2)[C@@H](C)C1. The van der Waals surface area contributed by atoms with Gasteiger partial charge < -0.3 is 5.73 Å². The van der Waals surface area contributed by atoms with E-state index in [2.05, 4.69) is 17.9 Å². The largest absolute Gasteiger partial charge is 0.399 e. The molecule has 0 bridgehead atoms. The Morgan fingerprint density at radius 3 is 2.59 bits per heavy atom. The maximum atomic E-state index is 12.4. The summed E-state index contributed by atoms with van der Waals surface area (Å²) in [6.07, 6.45) is 1.67. The van der Waals surface area contributed by atoms with Crippen LogP contribution in [0.3, 0.4) is 0 Å². The molecule has 1 heterocycles. The van der Waals surface area contributed by atoms with E-state index in [0.717, 1.165) is 38.2 Å². The molecule has 22 heavy (non-hydrogen) atoms. The second-order valence-electron chi connectivity index (χ2n) is 6.63. The highest BCUT2D eigenvalue weighted by molar-refractivity contribution is 7.90. The molecule has 1 aromatic rings. The number of sulfonamides is 1. The predicted molar refractivity (Wildman–Crippen MR) is 89.0 cm³/mol. The molecule has 122 valence electrons. The summed E-state index contributed by atoms with van der Waals surface area (Å²) >= 11 is 0. The lowest BCUT2D eigenvalue weighted by Gasteiger charge is -2.39. The number of aryl methyl sites for hydroxylation is 1. The molecule has 1 aliphatic heterocycles. The smallest absolute Gasteiger partial charge is 0.217 e. The second kappa shape index (κ2) is 5.83. The molecule has 6 heteroatoms. The Labute approximate surface area is 133 Å². The van der Waals surface area contributed by atoms with Gasteiger partial charge in [-0.15, -0.1) is 0 Å². The quantitative estimate of drug-likeness (QED) is 0.854. The van der Waals surface area contributed by atoms with E-state index in [-0.39, 0.29) is 11.3 Å². The van der Waals surface area contributed by atoms with Crippen LogP contribution in [0.1, 0.15) is 30.9 Å². The average Bonchev–Trinajstić information content (AvgIpc) is 3.26. The Balaban J connectivity index is 1.65. The van der Waals surface area contributed by atoms with E-state index in [9.17, 15) is 8.42 Å². The van der Waals surface area contributed by atoms with E-state index >= 15 is 0 Å². The van der Waals surface area contributed by atoms with Gasteiger partial charge >= 0.3 is 0 Å². The summed E-state index contributed by atoms with van der Waals surface area (Å²) in [6, 6.07) is 6.04. The molecule has 2 aliphatic rings. The molecule has 1 saturated heterocycles. The summed E-state index contributed by atoms with van der Waals surface area (Å²) in [6.45, 7) is 7.13. The average molecular weight is 323 g/mol. The number of rotatable bonds is 4. The van der Waals surface area contributed by atoms with Gasteiger partial charge in [-0.1, -0.05) is 6.07 Å². The molecule has 0 aromatic heterocycles. The molecule has 5 nitrogen and oxygen atoms in total. The van der Waals surface area contributed by atoms with Crippen molar-refractivity contribution in [2.75, 3.05) is 25.4 Å². The van der Waals surface area contributed by atoms with Crippen LogP contribution in [0.4, 0.5) is 5.69 Å². The summed E-state index contributed by atoms with van der Waals surface area (Å²) in [5.41, 5.74) is 9.04. The van der Waals surface area contributed by atoms with Crippen molar-refractivity contribution in [2.45, 2.75) is 44.5 Å². The van der Waals surface area contributed by atoms with Crippen LogP contribution in [0.25, 0.3) is 0 Å². The zero-order valence-electron chi connectivity index (χ0n) is 13.3. The topological polar surface area (TPSA) is 66.6 Å². The van der Waals surface area contributed by atoms with Crippen LogP contribution in [-0.2, 0) is 16.6 Å². The minimum atomic E-state index is -3.06. The third-order valence-electron chi connectivity index (χ3n) is 4.68. The normalized spacial score (nSPS) is 24.5. The number of anilines is 1. The predicted octanol–water partition coefficient (Wildman–Crippen LogP) is 1.58. The van der Waals surface area contributed by atoms with Gasteiger partial charge in [0.15, 0.2) is 0 Å². The second-order valence-corrected chi connectivity index (χ2v) is 8.79. The molecule has 3 rings (SSSR count). The number of nitrogen functional groups attached to an aromatic ring is 1. The molecule has 0 amide bonds. The minimum Gasteiger partial charge on any atom is -0.399 e. The maximum Gasteiger partial charge on any atom is 0.217 e. The van der Waals surface area contributed by atoms with Gasteiger partial charge in [0.2, 0.25) is 10.0 Å². The van der Waals surface area contributed by atoms with Crippen LogP contribution < -0.4 is 5.73 Å². The first-order valence-corrected chi connectivity index (χ1v) is 9.46. The number of piperazine rings is 1. The lowest BCUT2D eigenvalue weighted by atomic mass is 10.1. The molecule has 0 radical (unpaired) electrons. The Morgan fingerprint density at radius 1 is 1.27 bits per heavy atom. The van der Waals surface area contributed by atoms with Crippen LogP contribution in [-0.4, -0.2) is 48.5 Å². The number of hydrogen-bond donors (Lipinski definition) is 1. The molecular weight excluding hydrogens is 298 g/mol. The zero-order chi connectivity index (χ0) is 15.9. The fraction of sp³-hybridized carbons (Fsp3) is 0.625. The van der Waals surface area contributed by atoms with Crippen molar-refractivity contribution in [2.24, 2.45) is 0 Å². The molecular formula is C16H25N3O2S. The van der Waals surface area contributed by atoms with E-state index in [1.165, 1.54) is 11.1 Å².